The molecule has 1 atom stereocenters. The minimum absolute atomic E-state index is 0.0193. The fourth-order valence-corrected chi connectivity index (χ4v) is 1.76. The summed E-state index contributed by atoms with van der Waals surface area (Å²) in [4.78, 5) is 11.6. The van der Waals surface area contributed by atoms with Crippen LogP contribution in [0, 0.1) is 13.8 Å². The van der Waals surface area contributed by atoms with Crippen molar-refractivity contribution < 1.29 is 9.90 Å². The zero-order valence-corrected chi connectivity index (χ0v) is 11.3. The lowest BCUT2D eigenvalue weighted by Crippen LogP contribution is -2.40. The fourth-order valence-electron chi connectivity index (χ4n) is 1.76. The summed E-state index contributed by atoms with van der Waals surface area (Å²) < 4.78 is 0. The minimum atomic E-state index is -0.198. The van der Waals surface area contributed by atoms with Gasteiger partial charge in [-0.2, -0.15) is 0 Å². The van der Waals surface area contributed by atoms with E-state index in [9.17, 15) is 4.79 Å². The van der Waals surface area contributed by atoms with Crippen molar-refractivity contribution in [2.75, 3.05) is 6.61 Å². The number of urea groups is 1. The predicted molar refractivity (Wildman–Crippen MR) is 72.5 cm³/mol. The van der Waals surface area contributed by atoms with E-state index in [0.717, 1.165) is 5.56 Å². The van der Waals surface area contributed by atoms with E-state index >= 15 is 0 Å². The average molecular weight is 250 g/mol. The van der Waals surface area contributed by atoms with E-state index in [0.29, 0.717) is 13.0 Å². The zero-order valence-electron chi connectivity index (χ0n) is 11.3. The molecule has 2 amide bonds. The normalized spacial score (nSPS) is 12.0. The van der Waals surface area contributed by atoms with Crippen LogP contribution in [0.1, 0.15) is 30.0 Å². The summed E-state index contributed by atoms with van der Waals surface area (Å²) in [5.41, 5.74) is 3.52. The number of nitrogens with one attached hydrogen (secondary N) is 2. The first-order valence-electron chi connectivity index (χ1n) is 6.24. The first-order chi connectivity index (χ1) is 8.52. The second-order valence-electron chi connectivity index (χ2n) is 4.67. The summed E-state index contributed by atoms with van der Waals surface area (Å²) in [5, 5.41) is 14.3. The summed E-state index contributed by atoms with van der Waals surface area (Å²) in [6, 6.07) is 5.95. The summed E-state index contributed by atoms with van der Waals surface area (Å²) in [5.74, 6) is 0. The van der Waals surface area contributed by atoms with Crippen molar-refractivity contribution in [1.29, 1.82) is 0 Å². The molecule has 0 spiro atoms. The maximum absolute atomic E-state index is 11.6. The van der Waals surface area contributed by atoms with Gasteiger partial charge in [-0.3, -0.25) is 0 Å². The van der Waals surface area contributed by atoms with Crippen LogP contribution < -0.4 is 10.6 Å². The molecule has 0 saturated carbocycles. The molecule has 0 aliphatic rings. The van der Waals surface area contributed by atoms with Gasteiger partial charge in [0.05, 0.1) is 0 Å². The zero-order chi connectivity index (χ0) is 13.5. The molecule has 3 N–H and O–H groups in total. The van der Waals surface area contributed by atoms with Crippen molar-refractivity contribution in [2.24, 2.45) is 0 Å². The van der Waals surface area contributed by atoms with Gasteiger partial charge in [0.25, 0.3) is 0 Å². The number of aliphatic hydroxyl groups excluding tert-OH is 1. The summed E-state index contributed by atoms with van der Waals surface area (Å²) in [6.07, 6.45) is 0.566. The highest BCUT2D eigenvalue weighted by atomic mass is 16.3. The number of aliphatic hydroxyl groups is 1. The molecule has 0 aromatic heterocycles. The van der Waals surface area contributed by atoms with Gasteiger partial charge >= 0.3 is 6.03 Å². The van der Waals surface area contributed by atoms with Gasteiger partial charge in [-0.05, 0) is 38.3 Å². The third-order valence-corrected chi connectivity index (χ3v) is 2.88. The molecule has 1 rings (SSSR count). The molecular weight excluding hydrogens is 228 g/mol. The van der Waals surface area contributed by atoms with Crippen molar-refractivity contribution in [3.05, 3.63) is 34.9 Å². The largest absolute Gasteiger partial charge is 0.396 e. The van der Waals surface area contributed by atoms with Crippen molar-refractivity contribution in [2.45, 2.75) is 39.8 Å². The Morgan fingerprint density at radius 1 is 1.39 bits per heavy atom. The Labute approximate surface area is 108 Å². The molecular formula is C14H22N2O2. The van der Waals surface area contributed by atoms with Gasteiger partial charge in [0, 0.05) is 19.2 Å². The lowest BCUT2D eigenvalue weighted by atomic mass is 10.1. The highest BCUT2D eigenvalue weighted by molar-refractivity contribution is 5.74. The number of carbonyl (C=O) groups is 1. The van der Waals surface area contributed by atoms with Crippen LogP contribution in [-0.4, -0.2) is 23.8 Å². The molecule has 0 saturated heterocycles. The van der Waals surface area contributed by atoms with E-state index < -0.39 is 0 Å². The van der Waals surface area contributed by atoms with E-state index in [-0.39, 0.29) is 18.7 Å². The average Bonchev–Trinajstić information content (AvgIpc) is 2.28. The van der Waals surface area contributed by atoms with Gasteiger partial charge in [-0.25, -0.2) is 4.79 Å². The predicted octanol–water partition coefficient (Wildman–Crippen LogP) is 1.87. The summed E-state index contributed by atoms with van der Waals surface area (Å²) in [6.45, 7) is 6.55. The fraction of sp³-hybridized carbons (Fsp3) is 0.500. The van der Waals surface area contributed by atoms with Crippen molar-refractivity contribution in [1.82, 2.24) is 10.6 Å². The number of benzene rings is 1. The van der Waals surface area contributed by atoms with Crippen LogP contribution >= 0.6 is 0 Å². The molecule has 100 valence electrons. The van der Waals surface area contributed by atoms with Gasteiger partial charge in [0.1, 0.15) is 0 Å². The monoisotopic (exact) mass is 250 g/mol. The topological polar surface area (TPSA) is 61.4 Å². The maximum Gasteiger partial charge on any atom is 0.315 e. The second-order valence-corrected chi connectivity index (χ2v) is 4.67. The molecule has 0 bridgehead atoms. The molecule has 1 aromatic rings. The third kappa shape index (κ3) is 4.75. The first-order valence-corrected chi connectivity index (χ1v) is 6.24. The Morgan fingerprint density at radius 3 is 2.72 bits per heavy atom. The van der Waals surface area contributed by atoms with Gasteiger partial charge in [0.2, 0.25) is 0 Å². The molecule has 1 aromatic carbocycles. The van der Waals surface area contributed by atoms with Crippen LogP contribution in [0.25, 0.3) is 0 Å². The molecule has 4 heteroatoms. The lowest BCUT2D eigenvalue weighted by Gasteiger charge is -2.14. The van der Waals surface area contributed by atoms with Crippen molar-refractivity contribution in [3.8, 4) is 0 Å². The Hall–Kier alpha value is -1.55. The van der Waals surface area contributed by atoms with Crippen LogP contribution in [0.3, 0.4) is 0 Å². The van der Waals surface area contributed by atoms with E-state index in [2.05, 4.69) is 16.7 Å². The number of carbonyl (C=O) groups excluding carboxylic acids is 1. The Bertz CT molecular complexity index is 405. The van der Waals surface area contributed by atoms with Gasteiger partial charge < -0.3 is 15.7 Å². The lowest BCUT2D eigenvalue weighted by molar-refractivity contribution is 0.230. The number of rotatable bonds is 5. The molecule has 0 heterocycles. The van der Waals surface area contributed by atoms with E-state index in [4.69, 9.17) is 5.11 Å². The standard InChI is InChI=1S/C14H22N2O2/c1-10-4-5-13(11(2)8-10)9-15-14(18)16-12(3)6-7-17/h4-5,8,12,17H,6-7,9H2,1-3H3,(H2,15,16,18)/t12-/m1/s1. The number of hydrogen-bond donors (Lipinski definition) is 3. The highest BCUT2D eigenvalue weighted by Gasteiger charge is 2.06. The van der Waals surface area contributed by atoms with Crippen molar-refractivity contribution in [3.63, 3.8) is 0 Å². The van der Waals surface area contributed by atoms with E-state index in [1.807, 2.05) is 32.9 Å². The van der Waals surface area contributed by atoms with Gasteiger partial charge in [-0.15, -0.1) is 0 Å². The smallest absolute Gasteiger partial charge is 0.315 e. The van der Waals surface area contributed by atoms with Gasteiger partial charge in [0.15, 0.2) is 0 Å². The number of amides is 2. The molecule has 0 aliphatic carbocycles. The first kappa shape index (κ1) is 14.5. The molecule has 0 fully saturated rings. The minimum Gasteiger partial charge on any atom is -0.396 e. The SMILES string of the molecule is Cc1ccc(CNC(=O)N[C@H](C)CCO)c(C)c1. The number of aryl methyl sites for hydroxylation is 2. The van der Waals surface area contributed by atoms with E-state index in [1.165, 1.54) is 11.1 Å². The molecule has 0 unspecified atom stereocenters. The van der Waals surface area contributed by atoms with Crippen LogP contribution in [-0.2, 0) is 6.54 Å². The van der Waals surface area contributed by atoms with Crippen LogP contribution in [0.4, 0.5) is 4.79 Å². The summed E-state index contributed by atoms with van der Waals surface area (Å²) in [7, 11) is 0. The Morgan fingerprint density at radius 2 is 2.11 bits per heavy atom. The Kier molecular flexibility index (Phi) is 5.65. The quantitative estimate of drug-likeness (QED) is 0.747. The highest BCUT2D eigenvalue weighted by Crippen LogP contribution is 2.09. The van der Waals surface area contributed by atoms with Crippen LogP contribution in [0.15, 0.2) is 18.2 Å². The molecule has 0 aliphatic heterocycles. The second kappa shape index (κ2) is 7.01. The maximum atomic E-state index is 11.6. The summed E-state index contributed by atoms with van der Waals surface area (Å²) >= 11 is 0. The van der Waals surface area contributed by atoms with E-state index in [1.54, 1.807) is 0 Å². The number of hydrogen-bond acceptors (Lipinski definition) is 2. The van der Waals surface area contributed by atoms with Crippen molar-refractivity contribution >= 4 is 6.03 Å². The van der Waals surface area contributed by atoms with Crippen LogP contribution in [0.5, 0.6) is 0 Å². The van der Waals surface area contributed by atoms with Gasteiger partial charge in [-0.1, -0.05) is 23.8 Å². The molecule has 4 nitrogen and oxygen atoms in total. The van der Waals surface area contributed by atoms with Crippen LogP contribution in [0.2, 0.25) is 0 Å². The molecule has 18 heavy (non-hydrogen) atoms. The molecule has 0 radical (unpaired) electrons. The third-order valence-electron chi connectivity index (χ3n) is 2.88. The Balaban J connectivity index is 2.42.